The Morgan fingerprint density at radius 1 is 1.33 bits per heavy atom. The number of likely N-dealkylation sites (N-methyl/N-ethyl adjacent to an activating group) is 1. The summed E-state index contributed by atoms with van der Waals surface area (Å²) >= 11 is 11.6. The number of carbonyl (C=O) groups is 1. The Kier molecular flexibility index (Phi) is 10.8. The Morgan fingerprint density at radius 2 is 1.95 bits per heavy atom. The summed E-state index contributed by atoms with van der Waals surface area (Å²) in [4.78, 5) is 15.8. The van der Waals surface area contributed by atoms with Crippen LogP contribution in [0.25, 0.3) is 0 Å². The molecule has 0 aliphatic heterocycles. The smallest absolute Gasteiger partial charge is 0.323 e. The van der Waals surface area contributed by atoms with Crippen LogP contribution in [0.3, 0.4) is 0 Å². The van der Waals surface area contributed by atoms with E-state index in [0.29, 0.717) is 0 Å². The number of esters is 1. The molecule has 120 valence electrons. The first-order valence-corrected chi connectivity index (χ1v) is 7.48. The van der Waals surface area contributed by atoms with Crippen LogP contribution in [0, 0.1) is 0 Å². The number of nitrogens with zero attached hydrogens (tertiary/aromatic N) is 1. The van der Waals surface area contributed by atoms with Crippen molar-refractivity contribution in [3.05, 3.63) is 28.0 Å². The molecule has 1 aromatic rings. The molecule has 0 unspecified atom stereocenters. The highest BCUT2D eigenvalue weighted by Gasteiger charge is 2.17. The summed E-state index contributed by atoms with van der Waals surface area (Å²) in [7, 11) is 1.76. The molecule has 0 aliphatic carbocycles. The van der Waals surface area contributed by atoms with E-state index in [2.05, 4.69) is 17.2 Å². The zero-order valence-corrected chi connectivity index (χ0v) is 14.5. The summed E-state index contributed by atoms with van der Waals surface area (Å²) in [5, 5.41) is 3.56. The molecule has 0 aromatic carbocycles. The molecular weight excluding hydrogens is 335 g/mol. The van der Waals surface area contributed by atoms with Gasteiger partial charge < -0.3 is 10.1 Å². The fourth-order valence-corrected chi connectivity index (χ4v) is 2.34. The number of hydrogen-bond donors (Lipinski definition) is 1. The van der Waals surface area contributed by atoms with Crippen LogP contribution in [-0.2, 0) is 16.1 Å². The second kappa shape index (κ2) is 11.1. The van der Waals surface area contributed by atoms with Gasteiger partial charge in [-0.1, -0.05) is 49.4 Å². The van der Waals surface area contributed by atoms with Gasteiger partial charge in [-0.05, 0) is 31.2 Å². The Morgan fingerprint density at radius 3 is 2.48 bits per heavy atom. The Hall–Kier alpha value is -0.550. The molecule has 4 nitrogen and oxygen atoms in total. The third kappa shape index (κ3) is 7.86. The van der Waals surface area contributed by atoms with Gasteiger partial charge in [0.05, 0.1) is 0 Å². The topological polar surface area (TPSA) is 51.2 Å². The Bertz CT molecular complexity index is 424. The van der Waals surface area contributed by atoms with E-state index in [1.165, 1.54) is 0 Å². The molecule has 0 radical (unpaired) electrons. The summed E-state index contributed by atoms with van der Waals surface area (Å²) in [6, 6.07) is 2.99. The van der Waals surface area contributed by atoms with E-state index in [9.17, 15) is 4.79 Å². The molecule has 1 aromatic heterocycles. The quantitative estimate of drug-likeness (QED) is 0.435. The molecule has 0 fully saturated rings. The maximum atomic E-state index is 11.9. The largest absolute Gasteiger partial charge is 0.460 e. The van der Waals surface area contributed by atoms with Gasteiger partial charge in [0.2, 0.25) is 0 Å². The first kappa shape index (κ1) is 20.5. The maximum absolute atomic E-state index is 11.9. The van der Waals surface area contributed by atoms with Gasteiger partial charge in [-0.25, -0.2) is 4.98 Å². The van der Waals surface area contributed by atoms with Crippen molar-refractivity contribution in [3.8, 4) is 0 Å². The number of rotatable bonds is 8. The highest BCUT2D eigenvalue weighted by atomic mass is 35.5. The molecule has 7 heteroatoms. The van der Waals surface area contributed by atoms with Crippen LogP contribution in [0.5, 0.6) is 0 Å². The standard InChI is InChI=1S/C14H20Cl2N2O2.ClH/c1-3-4-5-6-11(17-2)14(19)20-9-10-7-12(15)18-13(16)8-10;/h7-8,11,17H,3-6,9H2,1-2H3;1H/t11-;/m0./s1. The van der Waals surface area contributed by atoms with Gasteiger partial charge in [-0.3, -0.25) is 4.79 Å². The van der Waals surface area contributed by atoms with Gasteiger partial charge in [0.25, 0.3) is 0 Å². The predicted octanol–water partition coefficient (Wildman–Crippen LogP) is 4.02. The number of pyridine rings is 1. The van der Waals surface area contributed by atoms with Crippen molar-refractivity contribution in [2.45, 2.75) is 45.3 Å². The Balaban J connectivity index is 0.00000400. The van der Waals surface area contributed by atoms with Crippen molar-refractivity contribution < 1.29 is 9.53 Å². The van der Waals surface area contributed by atoms with Crippen molar-refractivity contribution in [1.82, 2.24) is 10.3 Å². The van der Waals surface area contributed by atoms with Crippen LogP contribution in [0.2, 0.25) is 10.3 Å². The Labute approximate surface area is 142 Å². The van der Waals surface area contributed by atoms with E-state index in [4.69, 9.17) is 27.9 Å². The van der Waals surface area contributed by atoms with E-state index in [1.807, 2.05) is 0 Å². The summed E-state index contributed by atoms with van der Waals surface area (Å²) in [6.07, 6.45) is 4.02. The number of halogens is 3. The molecule has 21 heavy (non-hydrogen) atoms. The van der Waals surface area contributed by atoms with Crippen LogP contribution in [-0.4, -0.2) is 24.0 Å². The van der Waals surface area contributed by atoms with Crippen LogP contribution < -0.4 is 5.32 Å². The summed E-state index contributed by atoms with van der Waals surface area (Å²) < 4.78 is 5.28. The van der Waals surface area contributed by atoms with Crippen LogP contribution in [0.15, 0.2) is 12.1 Å². The molecule has 0 aliphatic rings. The molecular formula is C14H21Cl3N2O2. The molecule has 0 saturated carbocycles. The van der Waals surface area contributed by atoms with Gasteiger partial charge in [0.1, 0.15) is 23.0 Å². The van der Waals surface area contributed by atoms with Crippen molar-refractivity contribution in [3.63, 3.8) is 0 Å². The van der Waals surface area contributed by atoms with Gasteiger partial charge in [-0.2, -0.15) is 0 Å². The maximum Gasteiger partial charge on any atom is 0.323 e. The molecule has 1 rings (SSSR count). The van der Waals surface area contributed by atoms with E-state index >= 15 is 0 Å². The highest BCUT2D eigenvalue weighted by Crippen LogP contribution is 2.15. The minimum absolute atomic E-state index is 0. The fraction of sp³-hybridized carbons (Fsp3) is 0.571. The average molecular weight is 356 g/mol. The second-order valence-corrected chi connectivity index (χ2v) is 5.34. The average Bonchev–Trinajstić information content (AvgIpc) is 2.40. The van der Waals surface area contributed by atoms with Gasteiger partial charge in [-0.15, -0.1) is 12.4 Å². The number of unbranched alkanes of at least 4 members (excludes halogenated alkanes) is 2. The van der Waals surface area contributed by atoms with Gasteiger partial charge in [0, 0.05) is 0 Å². The molecule has 1 heterocycles. The minimum Gasteiger partial charge on any atom is -0.460 e. The zero-order chi connectivity index (χ0) is 15.0. The monoisotopic (exact) mass is 354 g/mol. The highest BCUT2D eigenvalue weighted by molar-refractivity contribution is 6.32. The molecule has 0 amide bonds. The first-order chi connectivity index (χ1) is 9.56. The SMILES string of the molecule is CCCCC[C@H](NC)C(=O)OCc1cc(Cl)nc(Cl)c1.Cl. The molecule has 0 saturated heterocycles. The third-order valence-corrected chi connectivity index (χ3v) is 3.32. The molecule has 0 bridgehead atoms. The van der Waals surface area contributed by atoms with Crippen molar-refractivity contribution >= 4 is 41.6 Å². The summed E-state index contributed by atoms with van der Waals surface area (Å²) in [5.74, 6) is -0.257. The van der Waals surface area contributed by atoms with Crippen LogP contribution in [0.4, 0.5) is 0 Å². The van der Waals surface area contributed by atoms with E-state index in [0.717, 1.165) is 31.2 Å². The minimum atomic E-state index is -0.269. The lowest BCUT2D eigenvalue weighted by molar-refractivity contribution is -0.147. The van der Waals surface area contributed by atoms with E-state index < -0.39 is 0 Å². The summed E-state index contributed by atoms with van der Waals surface area (Å²) in [6.45, 7) is 2.27. The lowest BCUT2D eigenvalue weighted by Gasteiger charge is -2.15. The zero-order valence-electron chi connectivity index (χ0n) is 12.2. The van der Waals surface area contributed by atoms with Gasteiger partial charge in [0.15, 0.2) is 0 Å². The molecule has 0 spiro atoms. The number of hydrogen-bond acceptors (Lipinski definition) is 4. The number of aromatic nitrogens is 1. The second-order valence-electron chi connectivity index (χ2n) is 4.57. The van der Waals surface area contributed by atoms with Crippen LogP contribution in [0.1, 0.15) is 38.2 Å². The summed E-state index contributed by atoms with van der Waals surface area (Å²) in [5.41, 5.74) is 0.728. The van der Waals surface area contributed by atoms with Crippen LogP contribution >= 0.6 is 35.6 Å². The normalized spacial score (nSPS) is 11.6. The molecule has 1 atom stereocenters. The van der Waals surface area contributed by atoms with Crippen molar-refractivity contribution in [2.75, 3.05) is 7.05 Å². The first-order valence-electron chi connectivity index (χ1n) is 6.72. The van der Waals surface area contributed by atoms with E-state index in [-0.39, 0.29) is 41.3 Å². The van der Waals surface area contributed by atoms with Crippen molar-refractivity contribution in [1.29, 1.82) is 0 Å². The van der Waals surface area contributed by atoms with E-state index in [1.54, 1.807) is 19.2 Å². The van der Waals surface area contributed by atoms with Gasteiger partial charge >= 0.3 is 5.97 Å². The number of carbonyl (C=O) groups excluding carboxylic acids is 1. The number of nitrogens with one attached hydrogen (secondary N) is 1. The number of ether oxygens (including phenoxy) is 1. The predicted molar refractivity (Wildman–Crippen MR) is 88.3 cm³/mol. The lowest BCUT2D eigenvalue weighted by Crippen LogP contribution is -2.35. The lowest BCUT2D eigenvalue weighted by atomic mass is 10.1. The third-order valence-electron chi connectivity index (χ3n) is 2.93. The molecule has 1 N–H and O–H groups in total. The van der Waals surface area contributed by atoms with Crippen molar-refractivity contribution in [2.24, 2.45) is 0 Å². The fourth-order valence-electron chi connectivity index (χ4n) is 1.83.